The summed E-state index contributed by atoms with van der Waals surface area (Å²) in [5, 5.41) is 0. The zero-order valence-corrected chi connectivity index (χ0v) is 52.6. The zero-order valence-electron chi connectivity index (χ0n) is 52.6. The number of carbonyl (C=O) groups is 3. The lowest BCUT2D eigenvalue weighted by atomic mass is 10.0. The zero-order chi connectivity index (χ0) is 57.1. The fourth-order valence-electron chi connectivity index (χ4n) is 10.1. The molecule has 0 amide bonds. The second-order valence-corrected chi connectivity index (χ2v) is 23.1. The fraction of sp³-hybridized carbons (Fsp3) is 0.795. The first-order chi connectivity index (χ1) is 39.0. The van der Waals surface area contributed by atoms with E-state index in [2.05, 4.69) is 93.7 Å². The van der Waals surface area contributed by atoms with E-state index >= 15 is 0 Å². The van der Waals surface area contributed by atoms with Crippen molar-refractivity contribution in [3.63, 3.8) is 0 Å². The third kappa shape index (κ3) is 65.5. The summed E-state index contributed by atoms with van der Waals surface area (Å²) >= 11 is 0. The molecule has 0 aromatic carbocycles. The average Bonchev–Trinajstić information content (AvgIpc) is 3.45. The average molecular weight is 1100 g/mol. The summed E-state index contributed by atoms with van der Waals surface area (Å²) in [6.45, 7) is 6.56. The molecule has 0 heterocycles. The molecule has 0 N–H and O–H groups in total. The van der Waals surface area contributed by atoms with Gasteiger partial charge in [-0.15, -0.1) is 0 Å². The molecule has 0 aromatic heterocycles. The normalized spacial score (nSPS) is 12.5. The van der Waals surface area contributed by atoms with Crippen LogP contribution in [-0.4, -0.2) is 37.2 Å². The number of unbranched alkanes of at least 4 members (excludes halogenated alkanes) is 40. The van der Waals surface area contributed by atoms with E-state index < -0.39 is 6.10 Å². The van der Waals surface area contributed by atoms with E-state index in [0.29, 0.717) is 19.3 Å². The van der Waals surface area contributed by atoms with Crippen LogP contribution in [0.5, 0.6) is 0 Å². The maximum absolute atomic E-state index is 13.0. The Bertz CT molecular complexity index is 1450. The van der Waals surface area contributed by atoms with E-state index in [-0.39, 0.29) is 31.1 Å². The Morgan fingerprint density at radius 2 is 0.494 bits per heavy atom. The molecular weight excluding hydrogens is 973 g/mol. The van der Waals surface area contributed by atoms with Crippen molar-refractivity contribution in [3.05, 3.63) is 72.9 Å². The molecule has 0 aliphatic heterocycles. The van der Waals surface area contributed by atoms with Gasteiger partial charge in [-0.1, -0.05) is 318 Å². The summed E-state index contributed by atoms with van der Waals surface area (Å²) < 4.78 is 17.0. The highest BCUT2D eigenvalue weighted by molar-refractivity contribution is 5.71. The Morgan fingerprint density at radius 3 is 0.785 bits per heavy atom. The molecule has 79 heavy (non-hydrogen) atoms. The van der Waals surface area contributed by atoms with Gasteiger partial charge in [0.25, 0.3) is 0 Å². The fourth-order valence-corrected chi connectivity index (χ4v) is 10.1. The molecule has 6 heteroatoms. The minimum atomic E-state index is -0.785. The smallest absolute Gasteiger partial charge is 0.306 e. The molecular formula is C73H130O6. The SMILES string of the molecule is CC/C=C\C/C=C\C/C=C\C/C=C\C/C=C\CCCCCCCC(=O)OCC(COC(=O)CCCCCCCCCCC/C=C\CCCCCCCC)OC(=O)CCCCCCCCCCCCCCCCCCCCCCC. The first-order valence-corrected chi connectivity index (χ1v) is 34.4. The van der Waals surface area contributed by atoms with Crippen LogP contribution in [0.4, 0.5) is 0 Å². The minimum Gasteiger partial charge on any atom is -0.462 e. The molecule has 458 valence electrons. The Kier molecular flexibility index (Phi) is 64.7. The number of carbonyl (C=O) groups excluding carboxylic acids is 3. The van der Waals surface area contributed by atoms with Gasteiger partial charge in [-0.05, 0) is 89.9 Å². The Balaban J connectivity index is 4.38. The van der Waals surface area contributed by atoms with Crippen molar-refractivity contribution in [2.75, 3.05) is 13.2 Å². The highest BCUT2D eigenvalue weighted by Crippen LogP contribution is 2.18. The summed E-state index contributed by atoms with van der Waals surface area (Å²) in [6, 6.07) is 0. The Morgan fingerprint density at radius 1 is 0.266 bits per heavy atom. The van der Waals surface area contributed by atoms with Gasteiger partial charge in [0.15, 0.2) is 6.10 Å². The van der Waals surface area contributed by atoms with Crippen LogP contribution in [0, 0.1) is 0 Å². The lowest BCUT2D eigenvalue weighted by Crippen LogP contribution is -2.30. The molecule has 1 atom stereocenters. The molecule has 0 bridgehead atoms. The van der Waals surface area contributed by atoms with Gasteiger partial charge in [0.05, 0.1) is 0 Å². The van der Waals surface area contributed by atoms with Gasteiger partial charge in [-0.3, -0.25) is 14.4 Å². The van der Waals surface area contributed by atoms with E-state index in [1.807, 2.05) is 0 Å². The van der Waals surface area contributed by atoms with Crippen LogP contribution < -0.4 is 0 Å². The van der Waals surface area contributed by atoms with E-state index in [1.54, 1.807) is 0 Å². The summed E-state index contributed by atoms with van der Waals surface area (Å²) in [4.78, 5) is 38.5. The molecule has 6 nitrogen and oxygen atoms in total. The molecule has 0 aliphatic carbocycles. The molecule has 0 saturated carbocycles. The third-order valence-electron chi connectivity index (χ3n) is 15.2. The van der Waals surface area contributed by atoms with Crippen LogP contribution in [0.15, 0.2) is 72.9 Å². The molecule has 1 unspecified atom stereocenters. The van der Waals surface area contributed by atoms with Gasteiger partial charge in [-0.25, -0.2) is 0 Å². The number of hydrogen-bond acceptors (Lipinski definition) is 6. The van der Waals surface area contributed by atoms with Crippen molar-refractivity contribution < 1.29 is 28.6 Å². The monoisotopic (exact) mass is 1100 g/mol. The lowest BCUT2D eigenvalue weighted by Gasteiger charge is -2.18. The Hall–Kier alpha value is -3.15. The van der Waals surface area contributed by atoms with Crippen molar-refractivity contribution in [1.82, 2.24) is 0 Å². The molecule has 0 fully saturated rings. The minimum absolute atomic E-state index is 0.0794. The van der Waals surface area contributed by atoms with Crippen LogP contribution in [0.1, 0.15) is 355 Å². The molecule has 0 rings (SSSR count). The maximum Gasteiger partial charge on any atom is 0.306 e. The molecule has 0 saturated heterocycles. The van der Waals surface area contributed by atoms with Crippen molar-refractivity contribution in [2.24, 2.45) is 0 Å². The van der Waals surface area contributed by atoms with E-state index in [0.717, 1.165) is 109 Å². The first kappa shape index (κ1) is 75.8. The van der Waals surface area contributed by atoms with Gasteiger partial charge in [0, 0.05) is 19.3 Å². The van der Waals surface area contributed by atoms with Gasteiger partial charge in [0.2, 0.25) is 0 Å². The Labute approximate surface area is 491 Å². The summed E-state index contributed by atoms with van der Waals surface area (Å²) in [6.07, 6.45) is 87.7. The molecule has 0 radical (unpaired) electrons. The highest BCUT2D eigenvalue weighted by atomic mass is 16.6. The highest BCUT2D eigenvalue weighted by Gasteiger charge is 2.19. The van der Waals surface area contributed by atoms with Crippen LogP contribution >= 0.6 is 0 Å². The predicted molar refractivity (Wildman–Crippen MR) is 344 cm³/mol. The van der Waals surface area contributed by atoms with Crippen molar-refractivity contribution >= 4 is 17.9 Å². The van der Waals surface area contributed by atoms with Crippen molar-refractivity contribution in [2.45, 2.75) is 361 Å². The van der Waals surface area contributed by atoms with Crippen LogP contribution in [-0.2, 0) is 28.6 Å². The van der Waals surface area contributed by atoms with Crippen LogP contribution in [0.25, 0.3) is 0 Å². The van der Waals surface area contributed by atoms with Gasteiger partial charge < -0.3 is 14.2 Å². The number of hydrogen-bond donors (Lipinski definition) is 0. The quantitative estimate of drug-likeness (QED) is 0.0261. The van der Waals surface area contributed by atoms with Crippen LogP contribution in [0.2, 0.25) is 0 Å². The van der Waals surface area contributed by atoms with Gasteiger partial charge in [-0.2, -0.15) is 0 Å². The van der Waals surface area contributed by atoms with Crippen LogP contribution in [0.3, 0.4) is 0 Å². The summed E-state index contributed by atoms with van der Waals surface area (Å²) in [5.74, 6) is -0.879. The number of ether oxygens (including phenoxy) is 3. The molecule has 0 spiro atoms. The van der Waals surface area contributed by atoms with E-state index in [9.17, 15) is 14.4 Å². The summed E-state index contributed by atoms with van der Waals surface area (Å²) in [7, 11) is 0. The molecule has 0 aliphatic rings. The second-order valence-electron chi connectivity index (χ2n) is 23.1. The maximum atomic E-state index is 13.0. The summed E-state index contributed by atoms with van der Waals surface area (Å²) in [5.41, 5.74) is 0. The van der Waals surface area contributed by atoms with E-state index in [1.165, 1.54) is 205 Å². The first-order valence-electron chi connectivity index (χ1n) is 34.4. The van der Waals surface area contributed by atoms with Crippen molar-refractivity contribution in [1.29, 1.82) is 0 Å². The van der Waals surface area contributed by atoms with Crippen molar-refractivity contribution in [3.8, 4) is 0 Å². The largest absolute Gasteiger partial charge is 0.462 e. The van der Waals surface area contributed by atoms with Gasteiger partial charge >= 0.3 is 17.9 Å². The predicted octanol–water partition coefficient (Wildman–Crippen LogP) is 23.7. The number of rotatable bonds is 63. The van der Waals surface area contributed by atoms with Gasteiger partial charge in [0.1, 0.15) is 13.2 Å². The second kappa shape index (κ2) is 67.4. The topological polar surface area (TPSA) is 78.9 Å². The number of esters is 3. The molecule has 0 aromatic rings. The lowest BCUT2D eigenvalue weighted by molar-refractivity contribution is -0.167. The number of allylic oxidation sites excluding steroid dienone is 12. The third-order valence-corrected chi connectivity index (χ3v) is 15.2. The van der Waals surface area contributed by atoms with E-state index in [4.69, 9.17) is 14.2 Å². The standard InChI is InChI=1S/C73H130O6/c1-4-7-10-13-16-19-22-25-28-31-34-36-39-42-45-48-51-54-57-60-63-66-72(75)78-69-70(68-77-71(74)65-62-59-56-53-50-47-44-41-38-33-30-27-24-21-18-15-12-9-6-3)79-73(76)67-64-61-58-55-52-49-46-43-40-37-35-32-29-26-23-20-17-14-11-8-5-2/h7,10,16,19,25,27-28,30,34,36,42,45,70H,4-6,8-9,11-15,17-18,20-24,26,29,31-33,35,37-41,43-44,46-69H2,1-3H3/b10-7-,19-16-,28-25-,30-27-,36-34-,45-42-.